The molecule has 1 heterocycles. The number of likely N-dealkylation sites (tertiary alicyclic amines) is 1. The molecule has 3 rings (SSSR count). The van der Waals surface area contributed by atoms with E-state index in [1.807, 2.05) is 43.3 Å². The summed E-state index contributed by atoms with van der Waals surface area (Å²) in [5.74, 6) is 0.0452. The molecular weight excluding hydrogens is 355 g/mol. The molecule has 1 aliphatic rings. The lowest BCUT2D eigenvalue weighted by Crippen LogP contribution is -2.40. The smallest absolute Gasteiger partial charge is 0.228 e. The molecule has 0 aliphatic carbocycles. The number of amides is 1. The van der Waals surface area contributed by atoms with Gasteiger partial charge in [-0.15, -0.1) is 0 Å². The molecule has 0 bridgehead atoms. The van der Waals surface area contributed by atoms with Crippen molar-refractivity contribution in [2.75, 3.05) is 18.4 Å². The highest BCUT2D eigenvalue weighted by Crippen LogP contribution is 2.25. The molecule has 0 aromatic heterocycles. The molecule has 3 nitrogen and oxygen atoms in total. The van der Waals surface area contributed by atoms with E-state index in [4.69, 9.17) is 23.2 Å². The van der Waals surface area contributed by atoms with Crippen molar-refractivity contribution in [3.63, 3.8) is 0 Å². The number of rotatable bonds is 4. The molecule has 1 fully saturated rings. The van der Waals surface area contributed by atoms with Gasteiger partial charge in [0.2, 0.25) is 5.91 Å². The Labute approximate surface area is 158 Å². The maximum absolute atomic E-state index is 12.7. The molecule has 2 aromatic rings. The maximum atomic E-state index is 12.7. The van der Waals surface area contributed by atoms with Crippen molar-refractivity contribution in [3.05, 3.63) is 63.6 Å². The lowest BCUT2D eigenvalue weighted by atomic mass is 9.96. The van der Waals surface area contributed by atoms with Crippen LogP contribution < -0.4 is 5.32 Å². The van der Waals surface area contributed by atoms with Gasteiger partial charge in [0, 0.05) is 28.8 Å². The predicted molar refractivity (Wildman–Crippen MR) is 104 cm³/mol. The number of aryl methyl sites for hydroxylation is 1. The van der Waals surface area contributed by atoms with Gasteiger partial charge in [0.25, 0.3) is 0 Å². The van der Waals surface area contributed by atoms with Crippen LogP contribution in [0.1, 0.15) is 24.0 Å². The average Bonchev–Trinajstić information content (AvgIpc) is 2.60. The number of anilines is 1. The third-order valence-corrected chi connectivity index (χ3v) is 5.29. The number of nitrogens with one attached hydrogen (secondary N) is 1. The van der Waals surface area contributed by atoms with Crippen molar-refractivity contribution in [1.29, 1.82) is 0 Å². The zero-order valence-corrected chi connectivity index (χ0v) is 15.8. The average molecular weight is 377 g/mol. The van der Waals surface area contributed by atoms with Gasteiger partial charge in [-0.3, -0.25) is 9.69 Å². The van der Waals surface area contributed by atoms with Crippen molar-refractivity contribution in [3.8, 4) is 0 Å². The van der Waals surface area contributed by atoms with Crippen molar-refractivity contribution >= 4 is 34.8 Å². The molecule has 0 radical (unpaired) electrons. The second-order valence-electron chi connectivity index (χ2n) is 6.61. The van der Waals surface area contributed by atoms with Crippen LogP contribution in [0.15, 0.2) is 42.5 Å². The van der Waals surface area contributed by atoms with Gasteiger partial charge < -0.3 is 5.32 Å². The summed E-state index contributed by atoms with van der Waals surface area (Å²) in [6, 6.07) is 13.4. The highest BCUT2D eigenvalue weighted by Gasteiger charge is 2.26. The Morgan fingerprint density at radius 1 is 1.24 bits per heavy atom. The van der Waals surface area contributed by atoms with Crippen molar-refractivity contribution in [1.82, 2.24) is 4.90 Å². The Hall–Kier alpha value is -1.55. The molecule has 25 heavy (non-hydrogen) atoms. The largest absolute Gasteiger partial charge is 0.326 e. The number of carbonyl (C=O) groups is 1. The Kier molecular flexibility index (Phi) is 6.00. The number of piperidine rings is 1. The lowest BCUT2D eigenvalue weighted by Gasteiger charge is -2.32. The van der Waals surface area contributed by atoms with Crippen LogP contribution in [0.2, 0.25) is 10.0 Å². The normalized spacial score (nSPS) is 18.1. The lowest BCUT2D eigenvalue weighted by molar-refractivity contribution is -0.121. The Morgan fingerprint density at radius 3 is 2.84 bits per heavy atom. The summed E-state index contributed by atoms with van der Waals surface area (Å²) in [6.07, 6.45) is 1.92. The molecule has 2 aromatic carbocycles. The van der Waals surface area contributed by atoms with Gasteiger partial charge in [0.1, 0.15) is 0 Å². The fraction of sp³-hybridized carbons (Fsp3) is 0.350. The molecule has 0 saturated carbocycles. The van der Waals surface area contributed by atoms with Gasteiger partial charge in [0.05, 0.1) is 5.92 Å². The molecular formula is C20H22Cl2N2O. The van der Waals surface area contributed by atoms with E-state index in [9.17, 15) is 4.79 Å². The van der Waals surface area contributed by atoms with Gasteiger partial charge in [-0.05, 0) is 55.6 Å². The number of hydrogen-bond acceptors (Lipinski definition) is 2. The first-order valence-corrected chi connectivity index (χ1v) is 9.31. The van der Waals surface area contributed by atoms with Gasteiger partial charge in [-0.25, -0.2) is 0 Å². The Morgan fingerprint density at radius 2 is 2.04 bits per heavy atom. The van der Waals surface area contributed by atoms with Crippen LogP contribution in [0.4, 0.5) is 5.69 Å². The van der Waals surface area contributed by atoms with Crippen LogP contribution in [-0.2, 0) is 11.3 Å². The van der Waals surface area contributed by atoms with E-state index in [1.165, 1.54) is 0 Å². The highest BCUT2D eigenvalue weighted by atomic mass is 35.5. The summed E-state index contributed by atoms with van der Waals surface area (Å²) in [5.41, 5.74) is 2.91. The summed E-state index contributed by atoms with van der Waals surface area (Å²) < 4.78 is 0. The van der Waals surface area contributed by atoms with E-state index < -0.39 is 0 Å². The summed E-state index contributed by atoms with van der Waals surface area (Å²) in [7, 11) is 0. The second-order valence-corrected chi connectivity index (χ2v) is 7.46. The molecule has 1 amide bonds. The van der Waals surface area contributed by atoms with Crippen LogP contribution in [0, 0.1) is 12.8 Å². The third-order valence-electron chi connectivity index (χ3n) is 4.69. The Balaban J connectivity index is 1.63. The van der Waals surface area contributed by atoms with E-state index >= 15 is 0 Å². The second kappa shape index (κ2) is 8.22. The van der Waals surface area contributed by atoms with Gasteiger partial charge in [-0.2, -0.15) is 0 Å². The predicted octanol–water partition coefficient (Wildman–Crippen LogP) is 5.15. The van der Waals surface area contributed by atoms with Crippen LogP contribution in [0.3, 0.4) is 0 Å². The van der Waals surface area contributed by atoms with E-state index in [0.717, 1.165) is 54.3 Å². The van der Waals surface area contributed by atoms with Crippen molar-refractivity contribution in [2.45, 2.75) is 26.3 Å². The van der Waals surface area contributed by atoms with Crippen LogP contribution in [0.5, 0.6) is 0 Å². The van der Waals surface area contributed by atoms with E-state index in [1.54, 1.807) is 6.07 Å². The number of carbonyl (C=O) groups excluding carboxylic acids is 1. The van der Waals surface area contributed by atoms with E-state index in [2.05, 4.69) is 10.2 Å². The fourth-order valence-corrected chi connectivity index (χ4v) is 3.61. The minimum Gasteiger partial charge on any atom is -0.326 e. The number of halogens is 2. The summed E-state index contributed by atoms with van der Waals surface area (Å²) in [4.78, 5) is 15.0. The Bertz CT molecular complexity index is 763. The highest BCUT2D eigenvalue weighted by molar-refractivity contribution is 6.31. The molecule has 1 saturated heterocycles. The van der Waals surface area contributed by atoms with Gasteiger partial charge >= 0.3 is 0 Å². The first kappa shape index (κ1) is 18.2. The minimum absolute atomic E-state index is 0.0189. The number of nitrogens with zero attached hydrogens (tertiary/aromatic N) is 1. The monoisotopic (exact) mass is 376 g/mol. The number of benzene rings is 2. The topological polar surface area (TPSA) is 32.3 Å². The fourth-order valence-electron chi connectivity index (χ4n) is 3.24. The zero-order valence-electron chi connectivity index (χ0n) is 14.3. The first-order valence-electron chi connectivity index (χ1n) is 8.55. The molecule has 1 N–H and O–H groups in total. The van der Waals surface area contributed by atoms with Crippen LogP contribution >= 0.6 is 23.2 Å². The van der Waals surface area contributed by atoms with Crippen molar-refractivity contribution in [2.24, 2.45) is 5.92 Å². The quantitative estimate of drug-likeness (QED) is 0.799. The maximum Gasteiger partial charge on any atom is 0.228 e. The number of hydrogen-bond donors (Lipinski definition) is 1. The third kappa shape index (κ3) is 4.75. The minimum atomic E-state index is -0.0189. The van der Waals surface area contributed by atoms with E-state index in [-0.39, 0.29) is 11.8 Å². The molecule has 0 spiro atoms. The molecule has 1 aliphatic heterocycles. The molecule has 0 unspecified atom stereocenters. The van der Waals surface area contributed by atoms with Gasteiger partial charge in [-0.1, -0.05) is 47.5 Å². The standard InChI is InChI=1S/C20H22Cl2N2O/c1-14-8-9-17(21)11-19(14)23-20(25)16-6-4-10-24(13-16)12-15-5-2-3-7-18(15)22/h2-3,5,7-9,11,16H,4,6,10,12-13H2,1H3,(H,23,25)/t16-/m1/s1. The SMILES string of the molecule is Cc1ccc(Cl)cc1NC(=O)[C@@H]1CCCN(Cc2ccccc2Cl)C1. The molecule has 132 valence electrons. The molecule has 1 atom stereocenters. The summed E-state index contributed by atoms with van der Waals surface area (Å²) in [5, 5.41) is 4.45. The van der Waals surface area contributed by atoms with Crippen LogP contribution in [0.25, 0.3) is 0 Å². The first-order chi connectivity index (χ1) is 12.0. The zero-order chi connectivity index (χ0) is 17.8. The summed E-state index contributed by atoms with van der Waals surface area (Å²) in [6.45, 7) is 4.48. The van der Waals surface area contributed by atoms with Crippen LogP contribution in [-0.4, -0.2) is 23.9 Å². The van der Waals surface area contributed by atoms with Gasteiger partial charge in [0.15, 0.2) is 0 Å². The van der Waals surface area contributed by atoms with E-state index in [0.29, 0.717) is 5.02 Å². The molecule has 5 heteroatoms. The summed E-state index contributed by atoms with van der Waals surface area (Å²) >= 11 is 12.3. The van der Waals surface area contributed by atoms with Crippen molar-refractivity contribution < 1.29 is 4.79 Å².